The summed E-state index contributed by atoms with van der Waals surface area (Å²) in [5, 5.41) is 7.40. The Morgan fingerprint density at radius 2 is 2.41 bits per heavy atom. The van der Waals surface area contributed by atoms with Crippen LogP contribution in [0.3, 0.4) is 0 Å². The van der Waals surface area contributed by atoms with E-state index in [2.05, 4.69) is 15.5 Å². The van der Waals surface area contributed by atoms with Crippen LogP contribution in [0.5, 0.6) is 0 Å². The molecule has 0 aliphatic carbocycles. The first kappa shape index (κ1) is 12.9. The summed E-state index contributed by atoms with van der Waals surface area (Å²) in [5.41, 5.74) is -0.488. The summed E-state index contributed by atoms with van der Waals surface area (Å²) in [4.78, 5) is 4.45. The molecule has 0 spiro atoms. The smallest absolute Gasteiger partial charge is 0.244 e. The predicted molar refractivity (Wildman–Crippen MR) is 67.0 cm³/mol. The zero-order chi connectivity index (χ0) is 12.3. The molecule has 2 rings (SSSR count). The molecule has 1 aliphatic rings. The Balaban J connectivity index is 2.09. The fourth-order valence-corrected chi connectivity index (χ4v) is 2.70. The number of rotatable bonds is 4. The molecular formula is C11H19N3O2S. The van der Waals surface area contributed by atoms with E-state index in [1.165, 1.54) is 0 Å². The molecule has 0 saturated carbocycles. The van der Waals surface area contributed by atoms with Gasteiger partial charge in [-0.2, -0.15) is 16.7 Å². The second kappa shape index (κ2) is 5.37. The molecule has 0 aromatic carbocycles. The highest BCUT2D eigenvalue weighted by Crippen LogP contribution is 2.25. The van der Waals surface area contributed by atoms with E-state index in [1.54, 1.807) is 0 Å². The highest BCUT2D eigenvalue weighted by atomic mass is 32.2. The molecule has 0 radical (unpaired) electrons. The lowest BCUT2D eigenvalue weighted by atomic mass is 10.1. The number of aromatic nitrogens is 2. The van der Waals surface area contributed by atoms with Crippen LogP contribution in [0.4, 0.5) is 0 Å². The molecule has 5 nitrogen and oxygen atoms in total. The molecule has 1 aliphatic heterocycles. The van der Waals surface area contributed by atoms with Crippen LogP contribution in [-0.4, -0.2) is 34.8 Å². The Bertz CT molecular complexity index is 361. The maximum Gasteiger partial charge on any atom is 0.244 e. The third-order valence-electron chi connectivity index (χ3n) is 2.71. The largest absolute Gasteiger partial charge is 0.368 e. The first-order chi connectivity index (χ1) is 8.13. The van der Waals surface area contributed by atoms with E-state index in [4.69, 9.17) is 9.26 Å². The van der Waals surface area contributed by atoms with E-state index in [-0.39, 0.29) is 6.04 Å². The fraction of sp³-hybridized carbons (Fsp3) is 0.818. The van der Waals surface area contributed by atoms with Crippen LogP contribution in [0.25, 0.3) is 0 Å². The van der Waals surface area contributed by atoms with E-state index in [0.29, 0.717) is 18.3 Å². The summed E-state index contributed by atoms with van der Waals surface area (Å²) in [6, 6.07) is 0.174. The van der Waals surface area contributed by atoms with Crippen molar-refractivity contribution < 1.29 is 9.26 Å². The minimum Gasteiger partial charge on any atom is -0.368 e. The number of thioether (sulfide) groups is 1. The molecule has 1 fully saturated rings. The van der Waals surface area contributed by atoms with Gasteiger partial charge in [-0.1, -0.05) is 5.16 Å². The van der Waals surface area contributed by atoms with Gasteiger partial charge in [0.2, 0.25) is 11.7 Å². The Kier molecular flexibility index (Phi) is 4.06. The number of nitrogens with one attached hydrogen (secondary N) is 1. The van der Waals surface area contributed by atoms with Crippen LogP contribution < -0.4 is 5.32 Å². The maximum atomic E-state index is 5.61. The molecule has 2 heterocycles. The predicted octanol–water partition coefficient (Wildman–Crippen LogP) is 1.72. The van der Waals surface area contributed by atoms with Gasteiger partial charge in [0.15, 0.2) is 0 Å². The summed E-state index contributed by atoms with van der Waals surface area (Å²) < 4.78 is 10.9. The van der Waals surface area contributed by atoms with Gasteiger partial charge in [-0.15, -0.1) is 0 Å². The zero-order valence-corrected chi connectivity index (χ0v) is 11.3. The topological polar surface area (TPSA) is 60.2 Å². The highest BCUT2D eigenvalue weighted by molar-refractivity contribution is 7.99. The molecule has 1 atom stereocenters. The van der Waals surface area contributed by atoms with Crippen molar-refractivity contribution >= 4 is 11.8 Å². The van der Waals surface area contributed by atoms with Gasteiger partial charge in [-0.25, -0.2) is 0 Å². The summed E-state index contributed by atoms with van der Waals surface area (Å²) in [5.74, 6) is 3.41. The second-order valence-electron chi connectivity index (χ2n) is 4.48. The van der Waals surface area contributed by atoms with E-state index >= 15 is 0 Å². The molecule has 17 heavy (non-hydrogen) atoms. The summed E-state index contributed by atoms with van der Waals surface area (Å²) in [7, 11) is 0. The normalized spacial score (nSPS) is 21.7. The standard InChI is InChI=1S/C11H19N3O2S/c1-4-15-11(2,3)10-13-9(16-14-10)8-7-17-6-5-12-8/h8,12H,4-7H2,1-3H3. The van der Waals surface area contributed by atoms with Crippen molar-refractivity contribution in [3.8, 4) is 0 Å². The summed E-state index contributed by atoms with van der Waals surface area (Å²) in [6.07, 6.45) is 0. The van der Waals surface area contributed by atoms with Gasteiger partial charge < -0.3 is 14.6 Å². The third-order valence-corrected chi connectivity index (χ3v) is 3.77. The van der Waals surface area contributed by atoms with Crippen LogP contribution in [-0.2, 0) is 10.3 Å². The number of ether oxygens (including phenoxy) is 1. The number of nitrogens with zero attached hydrogens (tertiary/aromatic N) is 2. The van der Waals surface area contributed by atoms with E-state index in [0.717, 1.165) is 18.1 Å². The Labute approximate surface area is 106 Å². The Morgan fingerprint density at radius 1 is 1.59 bits per heavy atom. The number of hydrogen-bond acceptors (Lipinski definition) is 6. The molecule has 1 saturated heterocycles. The van der Waals surface area contributed by atoms with Gasteiger partial charge in [-0.3, -0.25) is 0 Å². The van der Waals surface area contributed by atoms with Gasteiger partial charge in [0, 0.05) is 24.7 Å². The fourth-order valence-electron chi connectivity index (χ4n) is 1.77. The first-order valence-electron chi connectivity index (χ1n) is 5.92. The highest BCUT2D eigenvalue weighted by Gasteiger charge is 2.29. The molecule has 0 amide bonds. The van der Waals surface area contributed by atoms with Gasteiger partial charge >= 0.3 is 0 Å². The molecule has 1 aromatic rings. The minimum atomic E-state index is -0.488. The summed E-state index contributed by atoms with van der Waals surface area (Å²) >= 11 is 1.90. The van der Waals surface area contributed by atoms with Crippen molar-refractivity contribution in [2.75, 3.05) is 24.7 Å². The van der Waals surface area contributed by atoms with Crippen LogP contribution in [0, 0.1) is 0 Å². The van der Waals surface area contributed by atoms with Crippen molar-refractivity contribution in [2.45, 2.75) is 32.4 Å². The Morgan fingerprint density at radius 3 is 3.06 bits per heavy atom. The molecule has 96 valence electrons. The van der Waals surface area contributed by atoms with Gasteiger partial charge in [0.25, 0.3) is 0 Å². The van der Waals surface area contributed by atoms with Gasteiger partial charge in [0.1, 0.15) is 5.60 Å². The van der Waals surface area contributed by atoms with Crippen LogP contribution in [0.2, 0.25) is 0 Å². The first-order valence-corrected chi connectivity index (χ1v) is 7.08. The van der Waals surface area contributed by atoms with Crippen molar-refractivity contribution in [3.05, 3.63) is 11.7 Å². The van der Waals surface area contributed by atoms with E-state index < -0.39 is 5.60 Å². The average molecular weight is 257 g/mol. The SMILES string of the molecule is CCOC(C)(C)c1noc(C2CSCCN2)n1. The van der Waals surface area contributed by atoms with E-state index in [9.17, 15) is 0 Å². The van der Waals surface area contributed by atoms with Crippen molar-refractivity contribution in [3.63, 3.8) is 0 Å². The van der Waals surface area contributed by atoms with Gasteiger partial charge in [-0.05, 0) is 20.8 Å². The van der Waals surface area contributed by atoms with E-state index in [1.807, 2.05) is 32.5 Å². The lowest BCUT2D eigenvalue weighted by Crippen LogP contribution is -2.30. The van der Waals surface area contributed by atoms with Crippen LogP contribution in [0.15, 0.2) is 4.52 Å². The monoisotopic (exact) mass is 257 g/mol. The maximum absolute atomic E-state index is 5.61. The lowest BCUT2D eigenvalue weighted by Gasteiger charge is -2.21. The molecule has 1 N–H and O–H groups in total. The average Bonchev–Trinajstić information content (AvgIpc) is 2.80. The summed E-state index contributed by atoms with van der Waals surface area (Å²) in [6.45, 7) is 7.49. The van der Waals surface area contributed by atoms with Gasteiger partial charge in [0.05, 0.1) is 6.04 Å². The van der Waals surface area contributed by atoms with Crippen molar-refractivity contribution in [1.82, 2.24) is 15.5 Å². The number of hydrogen-bond donors (Lipinski definition) is 1. The quantitative estimate of drug-likeness (QED) is 0.886. The van der Waals surface area contributed by atoms with Crippen LogP contribution in [0.1, 0.15) is 38.5 Å². The molecule has 0 bridgehead atoms. The molecule has 1 aromatic heterocycles. The molecule has 6 heteroatoms. The van der Waals surface area contributed by atoms with Crippen LogP contribution >= 0.6 is 11.8 Å². The minimum absolute atomic E-state index is 0.174. The van der Waals surface area contributed by atoms with Crippen molar-refractivity contribution in [1.29, 1.82) is 0 Å². The second-order valence-corrected chi connectivity index (χ2v) is 5.63. The molecule has 1 unspecified atom stereocenters. The van der Waals surface area contributed by atoms with Crippen molar-refractivity contribution in [2.24, 2.45) is 0 Å². The zero-order valence-electron chi connectivity index (χ0n) is 10.5. The third kappa shape index (κ3) is 3.00. The Hall–Kier alpha value is -0.590. The molecular weight excluding hydrogens is 238 g/mol. The lowest BCUT2D eigenvalue weighted by molar-refractivity contribution is -0.0221.